The van der Waals surface area contributed by atoms with Crippen molar-refractivity contribution >= 4 is 22.7 Å². The number of fused-ring (bicyclic) bond motifs is 1. The molecule has 158 valence electrons. The van der Waals surface area contributed by atoms with E-state index in [4.69, 9.17) is 4.74 Å². The zero-order chi connectivity index (χ0) is 20.8. The van der Waals surface area contributed by atoms with Crippen LogP contribution in [0.15, 0.2) is 24.3 Å². The molecule has 2 heterocycles. The summed E-state index contributed by atoms with van der Waals surface area (Å²) >= 11 is 0. The van der Waals surface area contributed by atoms with Gasteiger partial charge in [-0.05, 0) is 52.3 Å². The van der Waals surface area contributed by atoms with Crippen molar-refractivity contribution in [1.82, 2.24) is 25.5 Å². The molecule has 1 fully saturated rings. The molecule has 1 aromatic heterocycles. The molecule has 1 saturated heterocycles. The van der Waals surface area contributed by atoms with Crippen LogP contribution in [0.1, 0.15) is 49.6 Å². The van der Waals surface area contributed by atoms with Gasteiger partial charge in [-0.25, -0.2) is 0 Å². The number of amides is 2. The van der Waals surface area contributed by atoms with E-state index < -0.39 is 5.91 Å². The van der Waals surface area contributed by atoms with Crippen LogP contribution in [0.2, 0.25) is 0 Å². The first-order valence-electron chi connectivity index (χ1n) is 10.3. The van der Waals surface area contributed by atoms with Gasteiger partial charge in [0.1, 0.15) is 0 Å². The SMILES string of the molecule is COCCCN1CCC(C(=O)NNC(=O)c2nn(C(C)C)c3ccccc23)CC1. The van der Waals surface area contributed by atoms with Gasteiger partial charge in [0.25, 0.3) is 5.91 Å². The van der Waals surface area contributed by atoms with E-state index >= 15 is 0 Å². The summed E-state index contributed by atoms with van der Waals surface area (Å²) in [5.74, 6) is -0.618. The monoisotopic (exact) mass is 401 g/mol. The highest BCUT2D eigenvalue weighted by Crippen LogP contribution is 2.21. The van der Waals surface area contributed by atoms with Gasteiger partial charge in [-0.2, -0.15) is 5.10 Å². The third-order valence-corrected chi connectivity index (χ3v) is 5.40. The summed E-state index contributed by atoms with van der Waals surface area (Å²) in [6, 6.07) is 7.75. The normalized spacial score (nSPS) is 15.7. The smallest absolute Gasteiger partial charge is 0.290 e. The number of carbonyl (C=O) groups excluding carboxylic acids is 2. The molecule has 29 heavy (non-hydrogen) atoms. The minimum atomic E-state index is -0.397. The standard InChI is InChI=1S/C21H31N5O3/c1-15(2)26-18-8-5-4-7-17(18)19(24-26)21(28)23-22-20(27)16-9-12-25(13-10-16)11-6-14-29-3/h4-5,7-8,15-16H,6,9-14H2,1-3H3,(H,22,27)(H,23,28). The van der Waals surface area contributed by atoms with Crippen LogP contribution in [-0.4, -0.2) is 59.8 Å². The summed E-state index contributed by atoms with van der Waals surface area (Å²) in [6.07, 6.45) is 2.58. The molecule has 0 atom stereocenters. The van der Waals surface area contributed by atoms with Gasteiger partial charge in [0.15, 0.2) is 5.69 Å². The number of aromatic nitrogens is 2. The quantitative estimate of drug-likeness (QED) is 0.548. The molecular weight excluding hydrogens is 370 g/mol. The van der Waals surface area contributed by atoms with Crippen molar-refractivity contribution in [2.75, 3.05) is 33.4 Å². The summed E-state index contributed by atoms with van der Waals surface area (Å²) < 4.78 is 6.91. The van der Waals surface area contributed by atoms with Crippen LogP contribution in [0.25, 0.3) is 10.9 Å². The van der Waals surface area contributed by atoms with Crippen LogP contribution in [0.3, 0.4) is 0 Å². The Morgan fingerprint density at radius 1 is 1.21 bits per heavy atom. The number of para-hydroxylation sites is 1. The molecule has 8 nitrogen and oxygen atoms in total. The van der Waals surface area contributed by atoms with E-state index in [1.54, 1.807) is 7.11 Å². The maximum Gasteiger partial charge on any atom is 0.290 e. The Morgan fingerprint density at radius 3 is 2.62 bits per heavy atom. The fourth-order valence-electron chi connectivity index (χ4n) is 3.78. The molecule has 0 bridgehead atoms. The molecule has 0 saturated carbocycles. The molecule has 0 spiro atoms. The van der Waals surface area contributed by atoms with E-state index in [1.807, 2.05) is 42.8 Å². The van der Waals surface area contributed by atoms with Gasteiger partial charge < -0.3 is 9.64 Å². The highest BCUT2D eigenvalue weighted by Gasteiger charge is 2.26. The van der Waals surface area contributed by atoms with Crippen LogP contribution in [0, 0.1) is 5.92 Å². The summed E-state index contributed by atoms with van der Waals surface area (Å²) in [7, 11) is 1.71. The van der Waals surface area contributed by atoms with E-state index in [0.717, 1.165) is 56.4 Å². The molecule has 1 aromatic carbocycles. The second-order valence-corrected chi connectivity index (χ2v) is 7.81. The maximum atomic E-state index is 12.7. The Hall–Kier alpha value is -2.45. The Kier molecular flexibility index (Phi) is 7.22. The third kappa shape index (κ3) is 5.13. The summed E-state index contributed by atoms with van der Waals surface area (Å²) in [5.41, 5.74) is 6.37. The van der Waals surface area contributed by atoms with Crippen LogP contribution >= 0.6 is 0 Å². The first-order chi connectivity index (χ1) is 14.0. The number of piperidine rings is 1. The van der Waals surface area contributed by atoms with Gasteiger partial charge in [0.05, 0.1) is 5.52 Å². The number of hydrogen-bond donors (Lipinski definition) is 2. The number of benzene rings is 1. The number of hydrogen-bond acceptors (Lipinski definition) is 5. The van der Waals surface area contributed by atoms with E-state index in [9.17, 15) is 9.59 Å². The molecule has 2 N–H and O–H groups in total. The van der Waals surface area contributed by atoms with Crippen LogP contribution < -0.4 is 10.9 Å². The van der Waals surface area contributed by atoms with Gasteiger partial charge in [-0.15, -0.1) is 0 Å². The lowest BCUT2D eigenvalue weighted by atomic mass is 9.96. The molecule has 0 radical (unpaired) electrons. The number of rotatable bonds is 7. The largest absolute Gasteiger partial charge is 0.385 e. The lowest BCUT2D eigenvalue weighted by Gasteiger charge is -2.31. The fourth-order valence-corrected chi connectivity index (χ4v) is 3.78. The molecule has 8 heteroatoms. The van der Waals surface area contributed by atoms with E-state index in [2.05, 4.69) is 20.9 Å². The first kappa shape index (κ1) is 21.3. The average molecular weight is 402 g/mol. The average Bonchev–Trinajstić information content (AvgIpc) is 3.12. The van der Waals surface area contributed by atoms with Crippen molar-refractivity contribution in [3.05, 3.63) is 30.0 Å². The lowest BCUT2D eigenvalue weighted by molar-refractivity contribution is -0.127. The number of hydrazine groups is 1. The number of ether oxygens (including phenoxy) is 1. The Labute approximate surface area is 171 Å². The number of carbonyl (C=O) groups is 2. The molecular formula is C21H31N5O3. The molecule has 3 rings (SSSR count). The zero-order valence-corrected chi connectivity index (χ0v) is 17.5. The Bertz CT molecular complexity index is 840. The molecule has 0 aliphatic carbocycles. The second-order valence-electron chi connectivity index (χ2n) is 7.81. The van der Waals surface area contributed by atoms with Crippen molar-refractivity contribution in [1.29, 1.82) is 0 Å². The van der Waals surface area contributed by atoms with Gasteiger partial charge in [-0.1, -0.05) is 18.2 Å². The van der Waals surface area contributed by atoms with Crippen molar-refractivity contribution in [2.24, 2.45) is 5.92 Å². The maximum absolute atomic E-state index is 12.7. The topological polar surface area (TPSA) is 88.5 Å². The van der Waals surface area contributed by atoms with Crippen molar-refractivity contribution in [3.63, 3.8) is 0 Å². The lowest BCUT2D eigenvalue weighted by Crippen LogP contribution is -2.47. The van der Waals surface area contributed by atoms with Crippen molar-refractivity contribution < 1.29 is 14.3 Å². The Balaban J connectivity index is 1.54. The summed E-state index contributed by atoms with van der Waals surface area (Å²) in [5, 5.41) is 5.24. The van der Waals surface area contributed by atoms with E-state index in [1.165, 1.54) is 0 Å². The number of methoxy groups -OCH3 is 1. The highest BCUT2D eigenvalue weighted by atomic mass is 16.5. The Morgan fingerprint density at radius 2 is 1.93 bits per heavy atom. The predicted octanol–water partition coefficient (Wildman–Crippen LogP) is 2.13. The minimum Gasteiger partial charge on any atom is -0.385 e. The second kappa shape index (κ2) is 9.84. The highest BCUT2D eigenvalue weighted by molar-refractivity contribution is 6.05. The minimum absolute atomic E-state index is 0.0843. The molecule has 1 aliphatic heterocycles. The number of nitrogens with one attached hydrogen (secondary N) is 2. The van der Waals surface area contributed by atoms with Crippen molar-refractivity contribution in [2.45, 2.75) is 39.2 Å². The first-order valence-corrected chi connectivity index (χ1v) is 10.3. The van der Waals surface area contributed by atoms with Crippen molar-refractivity contribution in [3.8, 4) is 0 Å². The van der Waals surface area contributed by atoms with Crippen LogP contribution in [0.4, 0.5) is 0 Å². The molecule has 0 unspecified atom stereocenters. The molecule has 2 amide bonds. The van der Waals surface area contributed by atoms with E-state index in [0.29, 0.717) is 5.69 Å². The molecule has 2 aromatic rings. The number of nitrogens with zero attached hydrogens (tertiary/aromatic N) is 3. The van der Waals surface area contributed by atoms with Crippen LogP contribution in [0.5, 0.6) is 0 Å². The molecule has 1 aliphatic rings. The predicted molar refractivity (Wildman–Crippen MR) is 111 cm³/mol. The fraction of sp³-hybridized carbons (Fsp3) is 0.571. The summed E-state index contributed by atoms with van der Waals surface area (Å²) in [6.45, 7) is 7.56. The van der Waals surface area contributed by atoms with E-state index in [-0.39, 0.29) is 17.9 Å². The zero-order valence-electron chi connectivity index (χ0n) is 17.5. The third-order valence-electron chi connectivity index (χ3n) is 5.40. The number of likely N-dealkylation sites (tertiary alicyclic amines) is 1. The van der Waals surface area contributed by atoms with Crippen LogP contribution in [-0.2, 0) is 9.53 Å². The van der Waals surface area contributed by atoms with Gasteiger partial charge >= 0.3 is 0 Å². The van der Waals surface area contributed by atoms with Gasteiger partial charge in [0, 0.05) is 37.6 Å². The van der Waals surface area contributed by atoms with Gasteiger partial charge in [-0.3, -0.25) is 25.1 Å². The van der Waals surface area contributed by atoms with Gasteiger partial charge in [0.2, 0.25) is 5.91 Å². The summed E-state index contributed by atoms with van der Waals surface area (Å²) in [4.78, 5) is 27.5.